The Morgan fingerprint density at radius 3 is 2.48 bits per heavy atom. The Morgan fingerprint density at radius 2 is 1.68 bits per heavy atom. The van der Waals surface area contributed by atoms with Gasteiger partial charge < -0.3 is 10.7 Å². The van der Waals surface area contributed by atoms with Gasteiger partial charge in [-0.3, -0.25) is 20.3 Å². The number of para-hydroxylation sites is 2. The fraction of sp³-hybridized carbons (Fsp3) is 0. The molecule has 6 heteroatoms. The van der Waals surface area contributed by atoms with E-state index in [9.17, 15) is 9.59 Å². The summed E-state index contributed by atoms with van der Waals surface area (Å²) in [7, 11) is 0. The Kier molecular flexibility index (Phi) is 3.25. The molecule has 1 aliphatic rings. The van der Waals surface area contributed by atoms with Gasteiger partial charge in [0.15, 0.2) is 0 Å². The summed E-state index contributed by atoms with van der Waals surface area (Å²) in [5.41, 5.74) is 8.33. The quantitative estimate of drug-likeness (QED) is 0.335. The van der Waals surface area contributed by atoms with Gasteiger partial charge in [0.25, 0.3) is 11.8 Å². The number of rotatable bonds is 3. The lowest BCUT2D eigenvalue weighted by atomic mass is 9.94. The SMILES string of the molecule is N=C(C1=C(c2c[nH]c3ccccc23)C(=O)NC1=O)c1ccccc1N. The number of carbonyl (C=O) groups is 2. The second-order valence-electron chi connectivity index (χ2n) is 5.74. The number of fused-ring (bicyclic) bond motifs is 1. The highest BCUT2D eigenvalue weighted by atomic mass is 16.2. The first-order valence-electron chi connectivity index (χ1n) is 7.68. The molecule has 5 N–H and O–H groups in total. The van der Waals surface area contributed by atoms with Crippen LogP contribution in [0.15, 0.2) is 60.3 Å². The summed E-state index contributed by atoms with van der Waals surface area (Å²) in [6.45, 7) is 0. The minimum Gasteiger partial charge on any atom is -0.398 e. The van der Waals surface area contributed by atoms with Crippen molar-refractivity contribution < 1.29 is 9.59 Å². The molecule has 0 unspecified atom stereocenters. The van der Waals surface area contributed by atoms with Crippen LogP contribution in [0.4, 0.5) is 5.69 Å². The molecule has 0 aliphatic carbocycles. The third-order valence-corrected chi connectivity index (χ3v) is 4.27. The number of carbonyl (C=O) groups excluding carboxylic acids is 2. The molecule has 2 amide bonds. The van der Waals surface area contributed by atoms with Crippen molar-refractivity contribution >= 4 is 39.7 Å². The lowest BCUT2D eigenvalue weighted by Crippen LogP contribution is -2.25. The van der Waals surface area contributed by atoms with Crippen LogP contribution in [0.2, 0.25) is 0 Å². The fourth-order valence-corrected chi connectivity index (χ4v) is 3.09. The monoisotopic (exact) mass is 330 g/mol. The summed E-state index contributed by atoms with van der Waals surface area (Å²) < 4.78 is 0. The molecule has 4 rings (SSSR count). The third-order valence-electron chi connectivity index (χ3n) is 4.27. The van der Waals surface area contributed by atoms with Gasteiger partial charge in [-0.05, 0) is 12.1 Å². The third kappa shape index (κ3) is 2.23. The number of hydrogen-bond donors (Lipinski definition) is 4. The normalized spacial score (nSPS) is 14.2. The lowest BCUT2D eigenvalue weighted by molar-refractivity contribution is -0.123. The van der Waals surface area contributed by atoms with E-state index in [0.29, 0.717) is 16.8 Å². The molecule has 0 bridgehead atoms. The Labute approximate surface area is 142 Å². The molecule has 0 fully saturated rings. The van der Waals surface area contributed by atoms with Gasteiger partial charge in [-0.15, -0.1) is 0 Å². The standard InChI is InChI=1S/C19H14N4O2/c20-13-7-3-1-6-11(13)17(21)16-15(18(24)23-19(16)25)12-9-22-14-8-4-2-5-10(12)14/h1-9,21-22H,20H2,(H,23,24,25). The minimum absolute atomic E-state index is 0.0349. The van der Waals surface area contributed by atoms with Crippen LogP contribution in [0.3, 0.4) is 0 Å². The highest BCUT2D eigenvalue weighted by Crippen LogP contribution is 2.32. The number of aromatic amines is 1. The van der Waals surface area contributed by atoms with E-state index in [1.807, 2.05) is 24.3 Å². The van der Waals surface area contributed by atoms with Crippen LogP contribution >= 0.6 is 0 Å². The molecule has 25 heavy (non-hydrogen) atoms. The zero-order valence-corrected chi connectivity index (χ0v) is 13.1. The van der Waals surface area contributed by atoms with Crippen molar-refractivity contribution in [3.05, 3.63) is 71.4 Å². The Hall–Kier alpha value is -3.67. The van der Waals surface area contributed by atoms with Crippen LogP contribution in [0.5, 0.6) is 0 Å². The van der Waals surface area contributed by atoms with Crippen molar-refractivity contribution in [3.63, 3.8) is 0 Å². The molecule has 2 aromatic carbocycles. The highest BCUT2D eigenvalue weighted by Gasteiger charge is 2.35. The van der Waals surface area contributed by atoms with Crippen LogP contribution in [0, 0.1) is 5.41 Å². The summed E-state index contributed by atoms with van der Waals surface area (Å²) in [6, 6.07) is 14.3. The summed E-state index contributed by atoms with van der Waals surface area (Å²) in [5.74, 6) is -1.09. The number of nitrogen functional groups attached to an aromatic ring is 1. The Balaban J connectivity index is 1.96. The average Bonchev–Trinajstić information content (AvgIpc) is 3.14. The van der Waals surface area contributed by atoms with Crippen molar-refractivity contribution in [2.75, 3.05) is 5.73 Å². The molecular formula is C19H14N4O2. The van der Waals surface area contributed by atoms with Gasteiger partial charge in [0.05, 0.1) is 16.9 Å². The second kappa shape index (κ2) is 5.45. The van der Waals surface area contributed by atoms with Gasteiger partial charge in [-0.1, -0.05) is 36.4 Å². The molecule has 0 spiro atoms. The molecule has 1 aromatic heterocycles. The molecule has 0 atom stereocenters. The van der Waals surface area contributed by atoms with E-state index in [1.54, 1.807) is 30.5 Å². The van der Waals surface area contributed by atoms with Crippen molar-refractivity contribution in [3.8, 4) is 0 Å². The van der Waals surface area contributed by atoms with Gasteiger partial charge in [-0.25, -0.2) is 0 Å². The van der Waals surface area contributed by atoms with Gasteiger partial charge in [0.1, 0.15) is 0 Å². The molecule has 1 aliphatic heterocycles. The minimum atomic E-state index is -0.585. The summed E-state index contributed by atoms with van der Waals surface area (Å²) in [5, 5.41) is 11.6. The van der Waals surface area contributed by atoms with E-state index in [0.717, 1.165) is 10.9 Å². The number of amides is 2. The maximum Gasteiger partial charge on any atom is 0.261 e. The van der Waals surface area contributed by atoms with Crippen molar-refractivity contribution in [2.45, 2.75) is 0 Å². The number of nitrogens with one attached hydrogen (secondary N) is 3. The molecule has 3 aromatic rings. The molecule has 0 radical (unpaired) electrons. The van der Waals surface area contributed by atoms with Gasteiger partial charge >= 0.3 is 0 Å². The zero-order chi connectivity index (χ0) is 17.6. The number of hydrogen-bond acceptors (Lipinski definition) is 4. The Bertz CT molecular complexity index is 1090. The van der Waals surface area contributed by atoms with Gasteiger partial charge in [0.2, 0.25) is 0 Å². The first-order valence-corrected chi connectivity index (χ1v) is 7.68. The molecule has 2 heterocycles. The maximum absolute atomic E-state index is 12.4. The number of imide groups is 1. The molecule has 0 saturated heterocycles. The highest BCUT2D eigenvalue weighted by molar-refractivity contribution is 6.47. The van der Waals surface area contributed by atoms with Crippen LogP contribution in [-0.4, -0.2) is 22.5 Å². The van der Waals surface area contributed by atoms with Gasteiger partial charge in [0, 0.05) is 33.9 Å². The molecule has 6 nitrogen and oxygen atoms in total. The van der Waals surface area contributed by atoms with Crippen molar-refractivity contribution in [2.24, 2.45) is 0 Å². The van der Waals surface area contributed by atoms with Crippen molar-refractivity contribution in [1.82, 2.24) is 10.3 Å². The van der Waals surface area contributed by atoms with E-state index < -0.39 is 11.8 Å². The molecule has 0 saturated carbocycles. The Morgan fingerprint density at radius 1 is 0.960 bits per heavy atom. The van der Waals surface area contributed by atoms with Crippen LogP contribution < -0.4 is 11.1 Å². The van der Waals surface area contributed by atoms with E-state index in [-0.39, 0.29) is 16.9 Å². The zero-order valence-electron chi connectivity index (χ0n) is 13.1. The fourth-order valence-electron chi connectivity index (χ4n) is 3.09. The average molecular weight is 330 g/mol. The van der Waals surface area contributed by atoms with E-state index in [2.05, 4.69) is 10.3 Å². The lowest BCUT2D eigenvalue weighted by Gasteiger charge is -2.08. The number of nitrogens with two attached hydrogens (primary N) is 1. The van der Waals surface area contributed by atoms with Crippen LogP contribution in [0.1, 0.15) is 11.1 Å². The molecule has 122 valence electrons. The number of H-pyrrole nitrogens is 1. The van der Waals surface area contributed by atoms with Crippen LogP contribution in [0.25, 0.3) is 16.5 Å². The van der Waals surface area contributed by atoms with Crippen LogP contribution in [-0.2, 0) is 9.59 Å². The number of anilines is 1. The summed E-state index contributed by atoms with van der Waals surface area (Å²) >= 11 is 0. The van der Waals surface area contributed by atoms with E-state index >= 15 is 0 Å². The summed E-state index contributed by atoms with van der Waals surface area (Å²) in [4.78, 5) is 27.9. The maximum atomic E-state index is 12.4. The van der Waals surface area contributed by atoms with Gasteiger partial charge in [-0.2, -0.15) is 0 Å². The van der Waals surface area contributed by atoms with E-state index in [1.165, 1.54) is 0 Å². The topological polar surface area (TPSA) is 112 Å². The van der Waals surface area contributed by atoms with E-state index in [4.69, 9.17) is 11.1 Å². The smallest absolute Gasteiger partial charge is 0.261 e. The number of aromatic nitrogens is 1. The first kappa shape index (κ1) is 14.9. The predicted octanol–water partition coefficient (Wildman–Crippen LogP) is 2.23. The number of benzene rings is 2. The van der Waals surface area contributed by atoms with Crippen molar-refractivity contribution in [1.29, 1.82) is 5.41 Å². The summed E-state index contributed by atoms with van der Waals surface area (Å²) in [6.07, 6.45) is 1.68. The molecular weight excluding hydrogens is 316 g/mol. The first-order chi connectivity index (χ1) is 12.1. The largest absolute Gasteiger partial charge is 0.398 e. The predicted molar refractivity (Wildman–Crippen MR) is 96.1 cm³/mol. The second-order valence-corrected chi connectivity index (χ2v) is 5.74.